The summed E-state index contributed by atoms with van der Waals surface area (Å²) in [7, 11) is 1.49. The number of methoxy groups -OCH3 is 1. The Morgan fingerprint density at radius 3 is 2.60 bits per heavy atom. The maximum absolute atomic E-state index is 12.6. The minimum atomic E-state index is -0.634. The quantitative estimate of drug-likeness (QED) is 0.459. The Labute approximate surface area is 141 Å². The van der Waals surface area contributed by atoms with E-state index < -0.39 is 5.97 Å². The fourth-order valence-corrected chi connectivity index (χ4v) is 2.68. The predicted molar refractivity (Wildman–Crippen MR) is 91.3 cm³/mol. The molecule has 0 amide bonds. The molecule has 0 aliphatic carbocycles. The van der Waals surface area contributed by atoms with E-state index in [1.54, 1.807) is 48.5 Å². The fourth-order valence-electron chi connectivity index (χ4n) is 2.68. The van der Waals surface area contributed by atoms with Crippen LogP contribution in [0.15, 0.2) is 59.5 Å². The van der Waals surface area contributed by atoms with E-state index in [9.17, 15) is 9.59 Å². The van der Waals surface area contributed by atoms with E-state index in [0.717, 1.165) is 0 Å². The third-order valence-corrected chi connectivity index (χ3v) is 3.87. The van der Waals surface area contributed by atoms with Gasteiger partial charge in [-0.3, -0.25) is 4.79 Å². The maximum Gasteiger partial charge on any atom is 0.349 e. The molecule has 25 heavy (non-hydrogen) atoms. The zero-order valence-corrected chi connectivity index (χ0v) is 13.2. The van der Waals surface area contributed by atoms with E-state index >= 15 is 0 Å². The summed E-state index contributed by atoms with van der Waals surface area (Å²) in [6, 6.07) is 13.8. The summed E-state index contributed by atoms with van der Waals surface area (Å²) in [5.74, 6) is 0.0918. The SMILES string of the molecule is COc1ccccc1OC(=O)c1cnn2c1[nH]c(=O)c1ccccc12. The number of benzene rings is 2. The van der Waals surface area contributed by atoms with Crippen LogP contribution in [0, 0.1) is 0 Å². The first-order chi connectivity index (χ1) is 12.2. The number of aromatic amines is 1. The zero-order valence-electron chi connectivity index (χ0n) is 13.2. The van der Waals surface area contributed by atoms with Gasteiger partial charge in [0.1, 0.15) is 5.56 Å². The van der Waals surface area contributed by atoms with Gasteiger partial charge in [0.05, 0.1) is 24.2 Å². The van der Waals surface area contributed by atoms with Gasteiger partial charge in [-0.25, -0.2) is 9.31 Å². The van der Waals surface area contributed by atoms with Gasteiger partial charge in [0, 0.05) is 0 Å². The van der Waals surface area contributed by atoms with Crippen LogP contribution in [0.1, 0.15) is 10.4 Å². The second kappa shape index (κ2) is 5.79. The average molecular weight is 335 g/mol. The van der Waals surface area contributed by atoms with Gasteiger partial charge in [-0.15, -0.1) is 0 Å². The molecule has 7 nitrogen and oxygen atoms in total. The fraction of sp³-hybridized carbons (Fsp3) is 0.0556. The van der Waals surface area contributed by atoms with Crippen LogP contribution in [-0.4, -0.2) is 27.7 Å². The Balaban J connectivity index is 1.82. The molecule has 1 N–H and O–H groups in total. The summed E-state index contributed by atoms with van der Waals surface area (Å²) >= 11 is 0. The molecule has 0 aliphatic rings. The maximum atomic E-state index is 12.6. The second-order valence-electron chi connectivity index (χ2n) is 5.33. The lowest BCUT2D eigenvalue weighted by atomic mass is 10.2. The molecule has 2 aromatic heterocycles. The molecule has 4 aromatic rings. The van der Waals surface area contributed by atoms with Crippen LogP contribution in [-0.2, 0) is 0 Å². The van der Waals surface area contributed by atoms with Gasteiger partial charge in [-0.2, -0.15) is 5.10 Å². The van der Waals surface area contributed by atoms with Crippen LogP contribution < -0.4 is 15.0 Å². The van der Waals surface area contributed by atoms with Crippen LogP contribution >= 0.6 is 0 Å². The van der Waals surface area contributed by atoms with Crippen LogP contribution in [0.25, 0.3) is 16.6 Å². The number of para-hydroxylation sites is 3. The first-order valence-corrected chi connectivity index (χ1v) is 7.53. The predicted octanol–water partition coefficient (Wildman–Crippen LogP) is 2.40. The number of nitrogens with zero attached hydrogens (tertiary/aromatic N) is 2. The molecule has 7 heteroatoms. The van der Waals surface area contributed by atoms with Crippen LogP contribution in [0.5, 0.6) is 11.5 Å². The lowest BCUT2D eigenvalue weighted by Crippen LogP contribution is -2.14. The van der Waals surface area contributed by atoms with Crippen LogP contribution in [0.4, 0.5) is 0 Å². The molecule has 0 atom stereocenters. The molecular formula is C18H13N3O4. The highest BCUT2D eigenvalue weighted by Gasteiger charge is 2.19. The average Bonchev–Trinajstić information content (AvgIpc) is 3.06. The lowest BCUT2D eigenvalue weighted by molar-refractivity contribution is 0.0731. The lowest BCUT2D eigenvalue weighted by Gasteiger charge is -2.08. The van der Waals surface area contributed by atoms with Crippen LogP contribution in [0.2, 0.25) is 0 Å². The van der Waals surface area contributed by atoms with Gasteiger partial charge in [0.15, 0.2) is 17.1 Å². The molecule has 0 radical (unpaired) electrons. The molecule has 124 valence electrons. The molecular weight excluding hydrogens is 322 g/mol. The number of H-pyrrole nitrogens is 1. The molecule has 2 aromatic carbocycles. The van der Waals surface area contributed by atoms with Gasteiger partial charge in [0.2, 0.25) is 0 Å². The van der Waals surface area contributed by atoms with E-state index in [2.05, 4.69) is 10.1 Å². The van der Waals surface area contributed by atoms with E-state index in [1.807, 2.05) is 0 Å². The second-order valence-corrected chi connectivity index (χ2v) is 5.33. The number of carbonyl (C=O) groups excluding carboxylic acids is 1. The van der Waals surface area contributed by atoms with Crippen LogP contribution in [0.3, 0.4) is 0 Å². The van der Waals surface area contributed by atoms with Crippen molar-refractivity contribution in [3.63, 3.8) is 0 Å². The monoisotopic (exact) mass is 335 g/mol. The van der Waals surface area contributed by atoms with Gasteiger partial charge in [-0.05, 0) is 24.3 Å². The van der Waals surface area contributed by atoms with Gasteiger partial charge >= 0.3 is 5.97 Å². The standard InChI is InChI=1S/C18H13N3O4/c1-24-14-8-4-5-9-15(14)25-18(23)12-10-19-21-13-7-3-2-6-11(13)17(22)20-16(12)21/h2-10H,1H3,(H,20,22). The number of nitrogens with one attached hydrogen (secondary N) is 1. The number of carbonyl (C=O) groups is 1. The third kappa shape index (κ3) is 2.42. The van der Waals surface area contributed by atoms with Crippen molar-refractivity contribution < 1.29 is 14.3 Å². The Bertz CT molecular complexity index is 1160. The summed E-state index contributed by atoms with van der Waals surface area (Å²) in [6.07, 6.45) is 1.37. The summed E-state index contributed by atoms with van der Waals surface area (Å²) in [5.41, 5.74) is 0.755. The minimum absolute atomic E-state index is 0.161. The van der Waals surface area contributed by atoms with E-state index in [4.69, 9.17) is 9.47 Å². The third-order valence-electron chi connectivity index (χ3n) is 3.87. The Hall–Kier alpha value is -3.61. The van der Waals surface area contributed by atoms with Gasteiger partial charge in [0.25, 0.3) is 5.56 Å². The molecule has 0 saturated heterocycles. The van der Waals surface area contributed by atoms with Crippen molar-refractivity contribution in [2.24, 2.45) is 0 Å². The van der Waals surface area contributed by atoms with Crippen molar-refractivity contribution in [2.75, 3.05) is 7.11 Å². The molecule has 0 spiro atoms. The number of ether oxygens (including phenoxy) is 2. The first-order valence-electron chi connectivity index (χ1n) is 7.53. The number of aromatic nitrogens is 3. The van der Waals surface area contributed by atoms with Gasteiger partial charge in [-0.1, -0.05) is 24.3 Å². The molecule has 4 rings (SSSR count). The normalized spacial score (nSPS) is 10.9. The van der Waals surface area contributed by atoms with E-state index in [0.29, 0.717) is 16.7 Å². The summed E-state index contributed by atoms with van der Waals surface area (Å²) in [5, 5.41) is 4.70. The number of rotatable bonds is 3. The Kier molecular flexibility index (Phi) is 3.46. The smallest absolute Gasteiger partial charge is 0.349 e. The molecule has 0 bridgehead atoms. The van der Waals surface area contributed by atoms with Crippen molar-refractivity contribution >= 4 is 22.5 Å². The number of fused-ring (bicyclic) bond motifs is 3. The molecule has 0 aliphatic heterocycles. The molecule has 0 fully saturated rings. The van der Waals surface area contributed by atoms with Crippen molar-refractivity contribution in [1.29, 1.82) is 0 Å². The van der Waals surface area contributed by atoms with E-state index in [1.165, 1.54) is 17.8 Å². The number of hydrogen-bond acceptors (Lipinski definition) is 5. The number of esters is 1. The molecule has 0 unspecified atom stereocenters. The minimum Gasteiger partial charge on any atom is -0.493 e. The Morgan fingerprint density at radius 2 is 1.80 bits per heavy atom. The van der Waals surface area contributed by atoms with Gasteiger partial charge < -0.3 is 14.5 Å². The Morgan fingerprint density at radius 1 is 1.08 bits per heavy atom. The largest absolute Gasteiger partial charge is 0.493 e. The number of hydrogen-bond donors (Lipinski definition) is 1. The molecule has 0 saturated carbocycles. The zero-order chi connectivity index (χ0) is 17.4. The van der Waals surface area contributed by atoms with E-state index in [-0.39, 0.29) is 22.5 Å². The summed E-state index contributed by atoms with van der Waals surface area (Å²) in [4.78, 5) is 27.5. The summed E-state index contributed by atoms with van der Waals surface area (Å²) in [6.45, 7) is 0. The first kappa shape index (κ1) is 14.9. The highest BCUT2D eigenvalue weighted by atomic mass is 16.6. The molecule has 2 heterocycles. The van der Waals surface area contributed by atoms with Crippen molar-refractivity contribution in [2.45, 2.75) is 0 Å². The van der Waals surface area contributed by atoms with Crippen molar-refractivity contribution in [3.8, 4) is 11.5 Å². The van der Waals surface area contributed by atoms with Crippen molar-refractivity contribution in [3.05, 3.63) is 70.6 Å². The van der Waals surface area contributed by atoms with Crippen molar-refractivity contribution in [1.82, 2.24) is 14.6 Å². The highest BCUT2D eigenvalue weighted by molar-refractivity contribution is 5.98. The topological polar surface area (TPSA) is 85.7 Å². The summed E-state index contributed by atoms with van der Waals surface area (Å²) < 4.78 is 12.1. The highest BCUT2D eigenvalue weighted by Crippen LogP contribution is 2.27.